The fourth-order valence-electron chi connectivity index (χ4n) is 2.18. The lowest BCUT2D eigenvalue weighted by atomic mass is 10.1. The fraction of sp³-hybridized carbons (Fsp3) is 0.571. The average molecular weight is 295 g/mol. The maximum atomic E-state index is 11.3. The van der Waals surface area contributed by atoms with Crippen LogP contribution in [0.25, 0.3) is 0 Å². The van der Waals surface area contributed by atoms with Crippen molar-refractivity contribution < 1.29 is 19.4 Å². The quantitative estimate of drug-likeness (QED) is 0.601. The van der Waals surface area contributed by atoms with E-state index in [0.717, 1.165) is 5.69 Å². The molecule has 1 aromatic rings. The van der Waals surface area contributed by atoms with Crippen LogP contribution in [-0.2, 0) is 20.8 Å². The van der Waals surface area contributed by atoms with E-state index in [1.807, 2.05) is 18.2 Å². The number of aromatic nitrogens is 1. The summed E-state index contributed by atoms with van der Waals surface area (Å²) in [5.41, 5.74) is 0.904. The van der Waals surface area contributed by atoms with E-state index < -0.39 is 12.2 Å². The van der Waals surface area contributed by atoms with Crippen LogP contribution in [0.4, 0.5) is 0 Å². The molecule has 2 rings (SSSR count). The lowest BCUT2D eigenvalue weighted by Gasteiger charge is -2.18. The summed E-state index contributed by atoms with van der Waals surface area (Å²) in [6, 6.07) is 5.52. The summed E-state index contributed by atoms with van der Waals surface area (Å²) in [5, 5.41) is 16.1. The minimum absolute atomic E-state index is 0.00414. The normalized spacial score (nSPS) is 25.0. The molecule has 1 fully saturated rings. The third kappa shape index (κ3) is 4.75. The van der Waals surface area contributed by atoms with Gasteiger partial charge in [-0.05, 0) is 12.1 Å². The van der Waals surface area contributed by atoms with Crippen molar-refractivity contribution in [3.05, 3.63) is 30.1 Å². The molecule has 1 aliphatic heterocycles. The molecule has 0 bridgehead atoms. The summed E-state index contributed by atoms with van der Waals surface area (Å²) in [6.45, 7) is 1.24. The highest BCUT2D eigenvalue weighted by atomic mass is 16.5. The first-order valence-corrected chi connectivity index (χ1v) is 6.89. The van der Waals surface area contributed by atoms with E-state index in [2.05, 4.69) is 15.6 Å². The molecule has 0 saturated carbocycles. The molecule has 1 aliphatic rings. The summed E-state index contributed by atoms with van der Waals surface area (Å²) >= 11 is 0. The zero-order valence-electron chi connectivity index (χ0n) is 12.0. The lowest BCUT2D eigenvalue weighted by molar-refractivity contribution is -0.125. The van der Waals surface area contributed by atoms with Crippen molar-refractivity contribution in [3.8, 4) is 0 Å². The summed E-state index contributed by atoms with van der Waals surface area (Å²) in [6.07, 6.45) is 0.649. The Bertz CT molecular complexity index is 443. The first kappa shape index (κ1) is 15.8. The van der Waals surface area contributed by atoms with Crippen molar-refractivity contribution >= 4 is 5.91 Å². The van der Waals surface area contributed by atoms with Crippen LogP contribution in [0, 0.1) is 0 Å². The SMILES string of the molecule is COCC(=O)NCC1OCC(NCc2ccccn2)C1O. The third-order valence-corrected chi connectivity index (χ3v) is 3.33. The zero-order chi connectivity index (χ0) is 15.1. The highest BCUT2D eigenvalue weighted by Crippen LogP contribution is 2.14. The molecule has 1 amide bonds. The van der Waals surface area contributed by atoms with Gasteiger partial charge in [0.1, 0.15) is 12.7 Å². The number of carbonyl (C=O) groups excluding carboxylic acids is 1. The molecule has 0 spiro atoms. The Balaban J connectivity index is 1.73. The predicted octanol–water partition coefficient (Wildman–Crippen LogP) is -0.938. The van der Waals surface area contributed by atoms with Gasteiger partial charge in [0.25, 0.3) is 0 Å². The second-order valence-electron chi connectivity index (χ2n) is 4.91. The number of hydrogen-bond donors (Lipinski definition) is 3. The Labute approximate surface area is 123 Å². The van der Waals surface area contributed by atoms with E-state index in [-0.39, 0.29) is 25.1 Å². The number of methoxy groups -OCH3 is 1. The van der Waals surface area contributed by atoms with Crippen molar-refractivity contribution in [2.45, 2.75) is 24.8 Å². The zero-order valence-corrected chi connectivity index (χ0v) is 12.0. The van der Waals surface area contributed by atoms with Crippen molar-refractivity contribution in [1.82, 2.24) is 15.6 Å². The minimum atomic E-state index is -0.670. The van der Waals surface area contributed by atoms with Gasteiger partial charge in [-0.3, -0.25) is 9.78 Å². The van der Waals surface area contributed by atoms with E-state index in [1.54, 1.807) is 6.20 Å². The molecule has 3 N–H and O–H groups in total. The van der Waals surface area contributed by atoms with E-state index in [9.17, 15) is 9.90 Å². The van der Waals surface area contributed by atoms with Crippen LogP contribution in [-0.4, -0.2) is 61.1 Å². The maximum absolute atomic E-state index is 11.3. The van der Waals surface area contributed by atoms with Gasteiger partial charge >= 0.3 is 0 Å². The van der Waals surface area contributed by atoms with Crippen molar-refractivity contribution in [2.24, 2.45) is 0 Å². The second-order valence-corrected chi connectivity index (χ2v) is 4.91. The third-order valence-electron chi connectivity index (χ3n) is 3.33. The van der Waals surface area contributed by atoms with Gasteiger partial charge in [-0.1, -0.05) is 6.07 Å². The summed E-state index contributed by atoms with van der Waals surface area (Å²) in [5.74, 6) is -0.224. The number of ether oxygens (including phenoxy) is 2. The topological polar surface area (TPSA) is 92.7 Å². The Hall–Kier alpha value is -1.54. The maximum Gasteiger partial charge on any atom is 0.246 e. The highest BCUT2D eigenvalue weighted by Gasteiger charge is 2.35. The lowest BCUT2D eigenvalue weighted by Crippen LogP contribution is -2.45. The first-order chi connectivity index (χ1) is 10.2. The van der Waals surface area contributed by atoms with Gasteiger partial charge in [0.2, 0.25) is 5.91 Å². The van der Waals surface area contributed by atoms with Gasteiger partial charge in [-0.15, -0.1) is 0 Å². The van der Waals surface area contributed by atoms with Gasteiger partial charge in [-0.2, -0.15) is 0 Å². The smallest absolute Gasteiger partial charge is 0.246 e. The van der Waals surface area contributed by atoms with Gasteiger partial charge in [0, 0.05) is 26.4 Å². The first-order valence-electron chi connectivity index (χ1n) is 6.89. The molecule has 116 valence electrons. The van der Waals surface area contributed by atoms with E-state index in [4.69, 9.17) is 9.47 Å². The van der Waals surface area contributed by atoms with Crippen molar-refractivity contribution in [2.75, 3.05) is 26.9 Å². The summed E-state index contributed by atoms with van der Waals surface area (Å²) in [4.78, 5) is 15.5. The Kier molecular flexibility index (Phi) is 6.06. The van der Waals surface area contributed by atoms with Crippen LogP contribution in [0.3, 0.4) is 0 Å². The number of nitrogens with zero attached hydrogens (tertiary/aromatic N) is 1. The summed E-state index contributed by atoms with van der Waals surface area (Å²) < 4.78 is 10.2. The van der Waals surface area contributed by atoms with Crippen LogP contribution in [0.15, 0.2) is 24.4 Å². The number of pyridine rings is 1. The molecule has 21 heavy (non-hydrogen) atoms. The predicted molar refractivity (Wildman–Crippen MR) is 75.5 cm³/mol. The van der Waals surface area contributed by atoms with Gasteiger partial charge < -0.3 is 25.2 Å². The molecule has 7 nitrogen and oxygen atoms in total. The standard InChI is InChI=1S/C14H21N3O4/c1-20-9-13(18)17-7-12-14(19)11(8-21-12)16-6-10-4-2-3-5-15-10/h2-5,11-12,14,16,19H,6-9H2,1H3,(H,17,18). The molecule has 7 heteroatoms. The van der Waals surface area contributed by atoms with Crippen LogP contribution in [0.2, 0.25) is 0 Å². The van der Waals surface area contributed by atoms with Crippen molar-refractivity contribution in [1.29, 1.82) is 0 Å². The molecule has 2 heterocycles. The number of amides is 1. The molecule has 0 aromatic carbocycles. The molecule has 1 aromatic heterocycles. The molecule has 0 radical (unpaired) electrons. The average Bonchev–Trinajstić information content (AvgIpc) is 2.85. The number of aliphatic hydroxyl groups excluding tert-OH is 1. The van der Waals surface area contributed by atoms with Crippen LogP contribution >= 0.6 is 0 Å². The second kappa shape index (κ2) is 8.04. The Morgan fingerprint density at radius 2 is 2.43 bits per heavy atom. The number of nitrogens with one attached hydrogen (secondary N) is 2. The monoisotopic (exact) mass is 295 g/mol. The van der Waals surface area contributed by atoms with Gasteiger partial charge in [0.15, 0.2) is 0 Å². The van der Waals surface area contributed by atoms with Gasteiger partial charge in [0.05, 0.1) is 24.4 Å². The molecular formula is C14H21N3O4. The number of rotatable bonds is 7. The van der Waals surface area contributed by atoms with E-state index >= 15 is 0 Å². The summed E-state index contributed by atoms with van der Waals surface area (Å²) in [7, 11) is 1.46. The molecule has 3 unspecified atom stereocenters. The number of hydrogen-bond acceptors (Lipinski definition) is 6. The van der Waals surface area contributed by atoms with Crippen LogP contribution < -0.4 is 10.6 Å². The van der Waals surface area contributed by atoms with Gasteiger partial charge in [-0.25, -0.2) is 0 Å². The van der Waals surface area contributed by atoms with Crippen LogP contribution in [0.1, 0.15) is 5.69 Å². The number of carbonyl (C=O) groups is 1. The largest absolute Gasteiger partial charge is 0.389 e. The number of aliphatic hydroxyl groups is 1. The molecular weight excluding hydrogens is 274 g/mol. The molecule has 1 saturated heterocycles. The van der Waals surface area contributed by atoms with E-state index in [1.165, 1.54) is 7.11 Å². The minimum Gasteiger partial charge on any atom is -0.389 e. The van der Waals surface area contributed by atoms with E-state index in [0.29, 0.717) is 13.2 Å². The molecule has 3 atom stereocenters. The Morgan fingerprint density at radius 1 is 1.57 bits per heavy atom. The van der Waals surface area contributed by atoms with Crippen LogP contribution in [0.5, 0.6) is 0 Å². The highest BCUT2D eigenvalue weighted by molar-refractivity contribution is 5.77. The van der Waals surface area contributed by atoms with Crippen molar-refractivity contribution in [3.63, 3.8) is 0 Å². The fourth-order valence-corrected chi connectivity index (χ4v) is 2.18. The Morgan fingerprint density at radius 3 is 3.14 bits per heavy atom. The molecule has 0 aliphatic carbocycles.